The van der Waals surface area contributed by atoms with Crippen molar-refractivity contribution in [3.8, 4) is 33.8 Å². The van der Waals surface area contributed by atoms with E-state index >= 15 is 0 Å². The molecular weight excluding hydrogens is 520 g/mol. The van der Waals surface area contributed by atoms with Crippen molar-refractivity contribution in [2.75, 3.05) is 0 Å². The lowest BCUT2D eigenvalue weighted by molar-refractivity contribution is 0.667. The van der Waals surface area contributed by atoms with Gasteiger partial charge in [0.05, 0.1) is 17.1 Å². The van der Waals surface area contributed by atoms with Crippen LogP contribution in [0.4, 0.5) is 0 Å². The largest absolute Gasteiger partial charge is 0.255 e. The molecule has 0 aliphatic heterocycles. The van der Waals surface area contributed by atoms with E-state index in [1.165, 1.54) is 65.3 Å². The first-order chi connectivity index (χ1) is 21.1. The van der Waals surface area contributed by atoms with Gasteiger partial charge in [0, 0.05) is 17.2 Å². The Hall–Kier alpha value is -5.34. The third kappa shape index (κ3) is 3.35. The zero-order valence-corrected chi connectivity index (χ0v) is 24.1. The number of pyridine rings is 2. The Morgan fingerprint density at radius 2 is 1.07 bits per heavy atom. The van der Waals surface area contributed by atoms with Gasteiger partial charge in [-0.3, -0.25) is 4.98 Å². The fourth-order valence-electron chi connectivity index (χ4n) is 7.59. The van der Waals surface area contributed by atoms with Gasteiger partial charge in [0.15, 0.2) is 0 Å². The van der Waals surface area contributed by atoms with Gasteiger partial charge in [-0.2, -0.15) is 0 Å². The van der Waals surface area contributed by atoms with E-state index in [2.05, 4.69) is 122 Å². The molecule has 0 N–H and O–H groups in total. The van der Waals surface area contributed by atoms with Crippen LogP contribution >= 0.6 is 0 Å². The molecule has 6 aromatic carbocycles. The van der Waals surface area contributed by atoms with Crippen LogP contribution in [0.25, 0.3) is 76.9 Å². The zero-order valence-electron chi connectivity index (χ0n) is 24.1. The average molecular weight is 549 g/mol. The highest BCUT2D eigenvalue weighted by Crippen LogP contribution is 2.57. The van der Waals surface area contributed by atoms with Crippen LogP contribution < -0.4 is 0 Å². The van der Waals surface area contributed by atoms with Crippen LogP contribution in [0.5, 0.6) is 0 Å². The van der Waals surface area contributed by atoms with Crippen LogP contribution in [0.2, 0.25) is 0 Å². The standard InChI is InChI=1S/C41H28N2/c1-41(2)33-24-25(34-19-11-20-36(43-34)35-18-9-10-23-42-35)21-22-32(33)38-31-17-8-7-16-30(31)37-28-14-5-3-12-26(28)27-13-4-6-15-29(27)39(37)40(38)41/h3-24H,1-2H3. The number of hydrogen-bond acceptors (Lipinski definition) is 2. The van der Waals surface area contributed by atoms with Gasteiger partial charge in [0.2, 0.25) is 0 Å². The van der Waals surface area contributed by atoms with Crippen LogP contribution in [0.1, 0.15) is 25.0 Å². The van der Waals surface area contributed by atoms with Crippen molar-refractivity contribution in [2.24, 2.45) is 0 Å². The summed E-state index contributed by atoms with van der Waals surface area (Å²) in [7, 11) is 0. The van der Waals surface area contributed by atoms with Crippen molar-refractivity contribution in [2.45, 2.75) is 19.3 Å². The number of hydrogen-bond donors (Lipinski definition) is 0. The van der Waals surface area contributed by atoms with Gasteiger partial charge in [-0.25, -0.2) is 4.98 Å². The van der Waals surface area contributed by atoms with E-state index < -0.39 is 0 Å². The first kappa shape index (κ1) is 24.3. The Labute approximate surface area is 250 Å². The molecule has 43 heavy (non-hydrogen) atoms. The highest BCUT2D eigenvalue weighted by molar-refractivity contribution is 6.35. The number of nitrogens with zero attached hydrogens (tertiary/aromatic N) is 2. The number of benzene rings is 6. The number of rotatable bonds is 2. The fourth-order valence-corrected chi connectivity index (χ4v) is 7.59. The maximum atomic E-state index is 5.05. The van der Waals surface area contributed by atoms with Crippen molar-refractivity contribution in [3.05, 3.63) is 145 Å². The molecule has 2 aromatic heterocycles. The molecule has 1 aliphatic rings. The number of aromatic nitrogens is 2. The minimum atomic E-state index is -0.215. The van der Waals surface area contributed by atoms with Crippen LogP contribution in [-0.4, -0.2) is 9.97 Å². The molecule has 2 heterocycles. The van der Waals surface area contributed by atoms with Gasteiger partial charge in [-0.05, 0) is 95.7 Å². The Kier molecular flexibility index (Phi) is 4.99. The summed E-state index contributed by atoms with van der Waals surface area (Å²) in [4.78, 5) is 9.58. The zero-order chi connectivity index (χ0) is 28.7. The molecule has 0 saturated carbocycles. The van der Waals surface area contributed by atoms with Crippen molar-refractivity contribution < 1.29 is 0 Å². The topological polar surface area (TPSA) is 25.8 Å². The van der Waals surface area contributed by atoms with E-state index in [1.54, 1.807) is 0 Å². The normalized spacial score (nSPS) is 13.5. The molecule has 0 atom stereocenters. The molecule has 2 nitrogen and oxygen atoms in total. The molecule has 202 valence electrons. The molecule has 1 aliphatic carbocycles. The second kappa shape index (κ2) is 8.83. The highest BCUT2D eigenvalue weighted by atomic mass is 14.8. The first-order valence-electron chi connectivity index (χ1n) is 14.9. The Balaban J connectivity index is 1.37. The second-order valence-electron chi connectivity index (χ2n) is 12.1. The summed E-state index contributed by atoms with van der Waals surface area (Å²) in [5.41, 5.74) is 9.10. The van der Waals surface area contributed by atoms with Gasteiger partial charge in [0.25, 0.3) is 0 Å². The Morgan fingerprint density at radius 3 is 1.77 bits per heavy atom. The van der Waals surface area contributed by atoms with Crippen molar-refractivity contribution in [3.63, 3.8) is 0 Å². The molecule has 0 unspecified atom stereocenters. The number of fused-ring (bicyclic) bond motifs is 13. The van der Waals surface area contributed by atoms with Gasteiger partial charge >= 0.3 is 0 Å². The van der Waals surface area contributed by atoms with Crippen molar-refractivity contribution in [1.29, 1.82) is 0 Å². The molecule has 0 fully saturated rings. The SMILES string of the molecule is CC1(C)c2cc(-c3cccc(-c4ccccn4)n3)ccc2-c2c1c1c3ccccc3c3ccccc3c1c1ccccc21. The van der Waals surface area contributed by atoms with E-state index in [-0.39, 0.29) is 5.41 Å². The summed E-state index contributed by atoms with van der Waals surface area (Å²) in [5, 5.41) is 10.6. The molecule has 2 heteroatoms. The summed E-state index contributed by atoms with van der Waals surface area (Å²) < 4.78 is 0. The van der Waals surface area contributed by atoms with Gasteiger partial charge in [-0.15, -0.1) is 0 Å². The summed E-state index contributed by atoms with van der Waals surface area (Å²) in [5.74, 6) is 0. The molecule has 9 rings (SSSR count). The molecule has 0 amide bonds. The summed E-state index contributed by atoms with van der Waals surface area (Å²) in [6.07, 6.45) is 1.82. The van der Waals surface area contributed by atoms with Crippen LogP contribution in [-0.2, 0) is 5.41 Å². The molecule has 0 radical (unpaired) electrons. The Morgan fingerprint density at radius 1 is 0.488 bits per heavy atom. The first-order valence-corrected chi connectivity index (χ1v) is 14.9. The van der Waals surface area contributed by atoms with Crippen LogP contribution in [0.15, 0.2) is 134 Å². The van der Waals surface area contributed by atoms with E-state index in [0.717, 1.165) is 22.6 Å². The van der Waals surface area contributed by atoms with Crippen molar-refractivity contribution in [1.82, 2.24) is 9.97 Å². The highest BCUT2D eigenvalue weighted by Gasteiger charge is 2.39. The van der Waals surface area contributed by atoms with Gasteiger partial charge < -0.3 is 0 Å². The van der Waals surface area contributed by atoms with Crippen LogP contribution in [0, 0.1) is 0 Å². The predicted molar refractivity (Wildman–Crippen MR) is 180 cm³/mol. The lowest BCUT2D eigenvalue weighted by atomic mass is 9.77. The van der Waals surface area contributed by atoms with E-state index in [9.17, 15) is 0 Å². The average Bonchev–Trinajstić information content (AvgIpc) is 3.31. The summed E-state index contributed by atoms with van der Waals surface area (Å²) in [6, 6.07) is 46.0. The lowest BCUT2D eigenvalue weighted by Gasteiger charge is -2.26. The molecule has 0 bridgehead atoms. The maximum Gasteiger partial charge on any atom is 0.0893 e. The van der Waals surface area contributed by atoms with Crippen molar-refractivity contribution >= 4 is 43.1 Å². The second-order valence-corrected chi connectivity index (χ2v) is 12.1. The predicted octanol–water partition coefficient (Wildman–Crippen LogP) is 10.7. The smallest absolute Gasteiger partial charge is 0.0893 e. The lowest BCUT2D eigenvalue weighted by Crippen LogP contribution is -2.16. The molecule has 8 aromatic rings. The van der Waals surface area contributed by atoms with E-state index in [4.69, 9.17) is 4.98 Å². The molecule has 0 saturated heterocycles. The third-order valence-corrected chi connectivity index (χ3v) is 9.46. The third-order valence-electron chi connectivity index (χ3n) is 9.46. The summed E-state index contributed by atoms with van der Waals surface area (Å²) in [6.45, 7) is 4.80. The van der Waals surface area contributed by atoms with E-state index in [0.29, 0.717) is 0 Å². The Bertz CT molecular complexity index is 2420. The minimum Gasteiger partial charge on any atom is -0.255 e. The fraction of sp³-hybridized carbons (Fsp3) is 0.0732. The monoisotopic (exact) mass is 548 g/mol. The van der Waals surface area contributed by atoms with Gasteiger partial charge in [0.1, 0.15) is 0 Å². The minimum absolute atomic E-state index is 0.215. The molecule has 0 spiro atoms. The van der Waals surface area contributed by atoms with Gasteiger partial charge in [-0.1, -0.05) is 111 Å². The summed E-state index contributed by atoms with van der Waals surface area (Å²) >= 11 is 0. The molecular formula is C41H28N2. The van der Waals surface area contributed by atoms with E-state index in [1.807, 2.05) is 30.5 Å². The maximum absolute atomic E-state index is 5.05. The van der Waals surface area contributed by atoms with Crippen LogP contribution in [0.3, 0.4) is 0 Å². The quantitative estimate of drug-likeness (QED) is 0.201.